The largest absolute Gasteiger partial charge is 0.496 e. The number of hydrogen-bond acceptors (Lipinski definition) is 2. The number of unbranched alkanes of at least 4 members (excludes halogenated alkanes) is 2. The lowest BCUT2D eigenvalue weighted by molar-refractivity contribution is 0.112. The van der Waals surface area contributed by atoms with Gasteiger partial charge in [0.05, 0.1) is 12.7 Å². The van der Waals surface area contributed by atoms with Crippen molar-refractivity contribution in [3.63, 3.8) is 0 Å². The molecule has 3 aromatic rings. The van der Waals surface area contributed by atoms with Gasteiger partial charge < -0.3 is 4.74 Å². The molecule has 0 atom stereocenters. The molecule has 0 unspecified atom stereocenters. The number of aldehydes is 1. The van der Waals surface area contributed by atoms with E-state index in [0.717, 1.165) is 30.3 Å². The van der Waals surface area contributed by atoms with Gasteiger partial charge in [0.1, 0.15) is 5.75 Å². The van der Waals surface area contributed by atoms with Crippen molar-refractivity contribution in [2.24, 2.45) is 0 Å². The van der Waals surface area contributed by atoms with E-state index in [2.05, 4.69) is 56.3 Å². The minimum Gasteiger partial charge on any atom is -0.496 e. The van der Waals surface area contributed by atoms with Crippen LogP contribution in [-0.2, 0) is 12.8 Å². The number of rotatable bonds is 9. The number of aryl methyl sites for hydroxylation is 2. The molecule has 0 saturated carbocycles. The SMILES string of the molecule is CCCCCc1ccc(-c2ccc(-c3ccc(OC)c(C=O)c3)c(CC)c2)cc1. The molecule has 0 aliphatic heterocycles. The van der Waals surface area contributed by atoms with Gasteiger partial charge in [-0.1, -0.05) is 75.2 Å². The Labute approximate surface area is 174 Å². The fourth-order valence-electron chi connectivity index (χ4n) is 3.78. The number of benzene rings is 3. The van der Waals surface area contributed by atoms with Gasteiger partial charge in [0.2, 0.25) is 0 Å². The summed E-state index contributed by atoms with van der Waals surface area (Å²) in [6.07, 6.45) is 6.75. The molecule has 2 nitrogen and oxygen atoms in total. The van der Waals surface area contributed by atoms with Gasteiger partial charge in [0.15, 0.2) is 6.29 Å². The highest BCUT2D eigenvalue weighted by Gasteiger charge is 2.10. The Hall–Kier alpha value is -2.87. The van der Waals surface area contributed by atoms with Gasteiger partial charge in [-0.2, -0.15) is 0 Å². The van der Waals surface area contributed by atoms with Crippen molar-refractivity contribution in [1.29, 1.82) is 0 Å². The molecule has 0 radical (unpaired) electrons. The first-order valence-electron chi connectivity index (χ1n) is 10.6. The third-order valence-electron chi connectivity index (χ3n) is 5.51. The van der Waals surface area contributed by atoms with Crippen LogP contribution in [0.2, 0.25) is 0 Å². The van der Waals surface area contributed by atoms with E-state index >= 15 is 0 Å². The Morgan fingerprint density at radius 2 is 1.55 bits per heavy atom. The maximum absolute atomic E-state index is 11.4. The lowest BCUT2D eigenvalue weighted by Crippen LogP contribution is -1.94. The van der Waals surface area contributed by atoms with Crippen LogP contribution in [0.4, 0.5) is 0 Å². The van der Waals surface area contributed by atoms with E-state index in [0.29, 0.717) is 11.3 Å². The summed E-state index contributed by atoms with van der Waals surface area (Å²) >= 11 is 0. The van der Waals surface area contributed by atoms with E-state index in [9.17, 15) is 4.79 Å². The van der Waals surface area contributed by atoms with Crippen molar-refractivity contribution < 1.29 is 9.53 Å². The molecule has 0 amide bonds. The molecule has 0 aromatic heterocycles. The van der Waals surface area contributed by atoms with Crippen LogP contribution < -0.4 is 4.74 Å². The number of hydrogen-bond donors (Lipinski definition) is 0. The van der Waals surface area contributed by atoms with E-state index < -0.39 is 0 Å². The van der Waals surface area contributed by atoms with Crippen LogP contribution in [0.3, 0.4) is 0 Å². The first-order chi connectivity index (χ1) is 14.2. The number of carbonyl (C=O) groups is 1. The molecule has 0 N–H and O–H groups in total. The quantitative estimate of drug-likeness (QED) is 0.289. The van der Waals surface area contributed by atoms with Crippen LogP contribution in [0.25, 0.3) is 22.3 Å². The van der Waals surface area contributed by atoms with Crippen LogP contribution >= 0.6 is 0 Å². The number of ether oxygens (including phenoxy) is 1. The molecular weight excluding hydrogens is 356 g/mol. The Morgan fingerprint density at radius 3 is 2.21 bits per heavy atom. The van der Waals surface area contributed by atoms with Gasteiger partial charge in [-0.3, -0.25) is 4.79 Å². The second-order valence-electron chi connectivity index (χ2n) is 7.45. The molecule has 0 aliphatic carbocycles. The van der Waals surface area contributed by atoms with Crippen LogP contribution in [0.15, 0.2) is 60.7 Å². The average Bonchev–Trinajstić information content (AvgIpc) is 2.78. The maximum atomic E-state index is 11.4. The molecule has 29 heavy (non-hydrogen) atoms. The summed E-state index contributed by atoms with van der Waals surface area (Å²) in [6.45, 7) is 4.41. The molecule has 0 aliphatic rings. The minimum atomic E-state index is 0.579. The summed E-state index contributed by atoms with van der Waals surface area (Å²) in [5.41, 5.74) is 7.95. The van der Waals surface area contributed by atoms with Crippen molar-refractivity contribution in [3.05, 3.63) is 77.4 Å². The van der Waals surface area contributed by atoms with E-state index in [1.165, 1.54) is 41.5 Å². The zero-order chi connectivity index (χ0) is 20.6. The lowest BCUT2D eigenvalue weighted by atomic mass is 9.92. The van der Waals surface area contributed by atoms with Gasteiger partial charge in [-0.25, -0.2) is 0 Å². The van der Waals surface area contributed by atoms with Crippen LogP contribution in [0.5, 0.6) is 5.75 Å². The van der Waals surface area contributed by atoms with E-state index in [4.69, 9.17) is 4.74 Å². The van der Waals surface area contributed by atoms with E-state index in [-0.39, 0.29) is 0 Å². The van der Waals surface area contributed by atoms with Gasteiger partial charge in [0, 0.05) is 0 Å². The zero-order valence-corrected chi connectivity index (χ0v) is 17.7. The minimum absolute atomic E-state index is 0.579. The molecular formula is C27H30O2. The van der Waals surface area contributed by atoms with Crippen LogP contribution in [-0.4, -0.2) is 13.4 Å². The Morgan fingerprint density at radius 1 is 0.828 bits per heavy atom. The molecule has 0 heterocycles. The molecule has 0 spiro atoms. The molecule has 0 saturated heterocycles. The average molecular weight is 387 g/mol. The molecule has 3 rings (SSSR count). The molecule has 3 aromatic carbocycles. The van der Waals surface area contributed by atoms with Gasteiger partial charge >= 0.3 is 0 Å². The summed E-state index contributed by atoms with van der Waals surface area (Å²) in [5.74, 6) is 0.609. The summed E-state index contributed by atoms with van der Waals surface area (Å²) in [4.78, 5) is 11.4. The lowest BCUT2D eigenvalue weighted by Gasteiger charge is -2.13. The molecule has 2 heteroatoms. The van der Waals surface area contributed by atoms with E-state index in [1.54, 1.807) is 7.11 Å². The van der Waals surface area contributed by atoms with Gasteiger partial charge in [-0.05, 0) is 64.8 Å². The monoisotopic (exact) mass is 386 g/mol. The first-order valence-corrected chi connectivity index (χ1v) is 10.6. The zero-order valence-electron chi connectivity index (χ0n) is 17.7. The highest BCUT2D eigenvalue weighted by Crippen LogP contribution is 2.32. The second-order valence-corrected chi connectivity index (χ2v) is 7.45. The summed E-state index contributed by atoms with van der Waals surface area (Å²) in [6, 6.07) is 21.4. The molecule has 150 valence electrons. The summed E-state index contributed by atoms with van der Waals surface area (Å²) in [7, 11) is 1.59. The van der Waals surface area contributed by atoms with Crippen LogP contribution in [0.1, 0.15) is 54.6 Å². The Bertz CT molecular complexity index is 955. The van der Waals surface area contributed by atoms with E-state index in [1.807, 2.05) is 18.2 Å². The van der Waals surface area contributed by atoms with Gasteiger partial charge in [0.25, 0.3) is 0 Å². The molecule has 0 fully saturated rings. The first kappa shape index (κ1) is 20.9. The van der Waals surface area contributed by atoms with Crippen molar-refractivity contribution in [2.75, 3.05) is 7.11 Å². The standard InChI is InChI=1S/C27H30O2/c1-4-6-7-8-20-9-11-22(12-10-20)23-13-15-26(21(5-2)17-23)24-14-16-27(29-3)25(18-24)19-28/h9-19H,4-8H2,1-3H3. The summed E-state index contributed by atoms with van der Waals surface area (Å²) < 4.78 is 5.27. The fraction of sp³-hybridized carbons (Fsp3) is 0.296. The smallest absolute Gasteiger partial charge is 0.153 e. The van der Waals surface area contributed by atoms with Crippen molar-refractivity contribution in [3.8, 4) is 28.0 Å². The Balaban J connectivity index is 1.88. The second kappa shape index (κ2) is 10.1. The predicted octanol–water partition coefficient (Wildman–Crippen LogP) is 7.14. The third kappa shape index (κ3) is 4.95. The van der Waals surface area contributed by atoms with Crippen molar-refractivity contribution in [2.45, 2.75) is 46.0 Å². The molecule has 0 bridgehead atoms. The predicted molar refractivity (Wildman–Crippen MR) is 122 cm³/mol. The van der Waals surface area contributed by atoms with Crippen LogP contribution in [0, 0.1) is 0 Å². The summed E-state index contributed by atoms with van der Waals surface area (Å²) in [5, 5.41) is 0. The van der Waals surface area contributed by atoms with Crippen molar-refractivity contribution in [1.82, 2.24) is 0 Å². The maximum Gasteiger partial charge on any atom is 0.153 e. The number of carbonyl (C=O) groups excluding carboxylic acids is 1. The number of methoxy groups -OCH3 is 1. The highest BCUT2D eigenvalue weighted by molar-refractivity contribution is 5.84. The Kier molecular flexibility index (Phi) is 7.24. The highest BCUT2D eigenvalue weighted by atomic mass is 16.5. The topological polar surface area (TPSA) is 26.3 Å². The fourth-order valence-corrected chi connectivity index (χ4v) is 3.78. The third-order valence-corrected chi connectivity index (χ3v) is 5.51. The van der Waals surface area contributed by atoms with Gasteiger partial charge in [-0.15, -0.1) is 0 Å². The van der Waals surface area contributed by atoms with Crippen molar-refractivity contribution >= 4 is 6.29 Å². The normalized spacial score (nSPS) is 10.7.